The van der Waals surface area contributed by atoms with Crippen molar-refractivity contribution in [3.05, 3.63) is 54.1 Å². The lowest BCUT2D eigenvalue weighted by Crippen LogP contribution is -2.24. The van der Waals surface area contributed by atoms with E-state index in [1.807, 2.05) is 13.0 Å². The van der Waals surface area contributed by atoms with Crippen molar-refractivity contribution in [1.29, 1.82) is 0 Å². The van der Waals surface area contributed by atoms with E-state index in [0.717, 1.165) is 5.69 Å². The summed E-state index contributed by atoms with van der Waals surface area (Å²) in [5.41, 5.74) is 1.24. The number of hydrogen-bond donors (Lipinski definition) is 1. The first-order valence-corrected chi connectivity index (χ1v) is 7.41. The number of esters is 1. The van der Waals surface area contributed by atoms with Gasteiger partial charge in [-0.3, -0.25) is 4.98 Å². The van der Waals surface area contributed by atoms with Crippen molar-refractivity contribution >= 4 is 11.7 Å². The minimum atomic E-state index is -0.495. The van der Waals surface area contributed by atoms with Gasteiger partial charge in [0.15, 0.2) is 11.6 Å². The number of cyclic esters (lactones) is 1. The van der Waals surface area contributed by atoms with Gasteiger partial charge in [0.1, 0.15) is 18.8 Å². The predicted molar refractivity (Wildman–Crippen MR) is 82.6 cm³/mol. The first-order chi connectivity index (χ1) is 11.1. The number of pyridine rings is 1. The average Bonchev–Trinajstić information content (AvgIpc) is 2.85. The third-order valence-electron chi connectivity index (χ3n) is 3.54. The maximum absolute atomic E-state index is 14.1. The van der Waals surface area contributed by atoms with Crippen molar-refractivity contribution in [1.82, 2.24) is 4.98 Å². The molecule has 23 heavy (non-hydrogen) atoms. The first-order valence-electron chi connectivity index (χ1n) is 7.41. The number of ether oxygens (including phenoxy) is 2. The molecule has 3 rings (SSSR count). The molecule has 1 fully saturated rings. The molecule has 2 heterocycles. The largest absolute Gasteiger partial charge is 0.484 e. The van der Waals surface area contributed by atoms with Crippen LogP contribution in [0.15, 0.2) is 42.6 Å². The molecule has 0 unspecified atom stereocenters. The zero-order valence-corrected chi connectivity index (χ0v) is 12.7. The average molecular weight is 316 g/mol. The van der Waals surface area contributed by atoms with Gasteiger partial charge in [0.05, 0.1) is 5.69 Å². The molecular formula is C17H17FN2O3. The molecule has 0 bridgehead atoms. The summed E-state index contributed by atoms with van der Waals surface area (Å²) in [6.45, 7) is 2.02. The Bertz CT molecular complexity index is 693. The molecule has 1 aliphatic heterocycles. The van der Waals surface area contributed by atoms with Crippen LogP contribution in [0.4, 0.5) is 10.1 Å². The summed E-state index contributed by atoms with van der Waals surface area (Å²) in [7, 11) is 0. The molecule has 0 aliphatic carbocycles. The fourth-order valence-corrected chi connectivity index (χ4v) is 2.42. The van der Waals surface area contributed by atoms with E-state index in [1.165, 1.54) is 12.1 Å². The highest BCUT2D eigenvalue weighted by atomic mass is 19.1. The molecule has 1 aliphatic rings. The maximum Gasteiger partial charge on any atom is 0.328 e. The second-order valence-electron chi connectivity index (χ2n) is 5.44. The Balaban J connectivity index is 1.63. The van der Waals surface area contributed by atoms with Crippen molar-refractivity contribution in [2.75, 3.05) is 5.32 Å². The number of halogens is 1. The quantitative estimate of drug-likeness (QED) is 0.860. The number of rotatable bonds is 5. The van der Waals surface area contributed by atoms with Crippen molar-refractivity contribution in [2.45, 2.75) is 32.1 Å². The van der Waals surface area contributed by atoms with Crippen LogP contribution in [0.3, 0.4) is 0 Å². The second kappa shape index (κ2) is 6.64. The van der Waals surface area contributed by atoms with Gasteiger partial charge in [-0.05, 0) is 31.2 Å². The molecule has 0 amide bonds. The van der Waals surface area contributed by atoms with Gasteiger partial charge in [-0.15, -0.1) is 0 Å². The predicted octanol–water partition coefficient (Wildman–Crippen LogP) is 2.92. The molecule has 0 radical (unpaired) electrons. The topological polar surface area (TPSA) is 60.5 Å². The lowest BCUT2D eigenvalue weighted by molar-refractivity contribution is -0.141. The van der Waals surface area contributed by atoms with E-state index < -0.39 is 11.9 Å². The summed E-state index contributed by atoms with van der Waals surface area (Å²) in [6, 6.07) is 9.53. The Morgan fingerprint density at radius 3 is 2.91 bits per heavy atom. The van der Waals surface area contributed by atoms with Crippen LogP contribution in [0.25, 0.3) is 0 Å². The summed E-state index contributed by atoms with van der Waals surface area (Å²) < 4.78 is 24.6. The normalized spacial score (nSPS) is 20.2. The highest BCUT2D eigenvalue weighted by molar-refractivity contribution is 5.81. The zero-order valence-electron chi connectivity index (χ0n) is 12.7. The molecule has 5 nitrogen and oxygen atoms in total. The summed E-state index contributed by atoms with van der Waals surface area (Å²) in [4.78, 5) is 15.7. The standard InChI is InChI=1S/C17H17FN2O3/c1-11-8-15(17(21)23-11)20-12-5-6-16(14(18)9-12)22-10-13-4-2-3-7-19-13/h2-7,9,11,15,20H,8,10H2,1H3/t11-,15-/m0/s1. The molecule has 1 N–H and O–H groups in total. The Labute approximate surface area is 133 Å². The number of carbonyl (C=O) groups is 1. The highest BCUT2D eigenvalue weighted by Gasteiger charge is 2.31. The van der Waals surface area contributed by atoms with Crippen LogP contribution in [0.2, 0.25) is 0 Å². The minimum Gasteiger partial charge on any atom is -0.484 e. The molecule has 0 saturated carbocycles. The minimum absolute atomic E-state index is 0.120. The van der Waals surface area contributed by atoms with Gasteiger partial charge < -0.3 is 14.8 Å². The van der Waals surface area contributed by atoms with Crippen molar-refractivity contribution in [3.63, 3.8) is 0 Å². The summed E-state index contributed by atoms with van der Waals surface area (Å²) >= 11 is 0. The molecule has 2 aromatic rings. The Morgan fingerprint density at radius 2 is 2.26 bits per heavy atom. The lowest BCUT2D eigenvalue weighted by atomic mass is 10.1. The zero-order chi connectivity index (χ0) is 16.2. The highest BCUT2D eigenvalue weighted by Crippen LogP contribution is 2.24. The van der Waals surface area contributed by atoms with Gasteiger partial charge in [0, 0.05) is 24.4 Å². The van der Waals surface area contributed by atoms with E-state index in [2.05, 4.69) is 10.3 Å². The molecule has 1 saturated heterocycles. The van der Waals surface area contributed by atoms with Gasteiger partial charge in [0.25, 0.3) is 0 Å². The molecule has 1 aromatic carbocycles. The van der Waals surface area contributed by atoms with Gasteiger partial charge in [0.2, 0.25) is 0 Å². The Kier molecular flexibility index (Phi) is 4.41. The third-order valence-corrected chi connectivity index (χ3v) is 3.54. The number of nitrogens with one attached hydrogen (secondary N) is 1. The van der Waals surface area contributed by atoms with Gasteiger partial charge in [-0.25, -0.2) is 9.18 Å². The van der Waals surface area contributed by atoms with Gasteiger partial charge in [-0.1, -0.05) is 6.07 Å². The van der Waals surface area contributed by atoms with Crippen LogP contribution >= 0.6 is 0 Å². The van der Waals surface area contributed by atoms with Gasteiger partial charge in [-0.2, -0.15) is 0 Å². The SMILES string of the molecule is C[C@H]1C[C@H](Nc2ccc(OCc3ccccn3)c(F)c2)C(=O)O1. The van der Waals surface area contributed by atoms with Crippen LogP contribution in [-0.4, -0.2) is 23.1 Å². The fraction of sp³-hybridized carbons (Fsp3) is 0.294. The number of carbonyl (C=O) groups excluding carboxylic acids is 1. The number of anilines is 1. The number of aromatic nitrogens is 1. The van der Waals surface area contributed by atoms with Gasteiger partial charge >= 0.3 is 5.97 Å². The number of hydrogen-bond acceptors (Lipinski definition) is 5. The smallest absolute Gasteiger partial charge is 0.328 e. The van der Waals surface area contributed by atoms with Crippen molar-refractivity contribution in [2.24, 2.45) is 0 Å². The molecule has 6 heteroatoms. The number of benzene rings is 1. The van der Waals surface area contributed by atoms with E-state index in [-0.39, 0.29) is 24.4 Å². The summed E-state index contributed by atoms with van der Waals surface area (Å²) in [5.74, 6) is -0.665. The van der Waals surface area contributed by atoms with Crippen LogP contribution < -0.4 is 10.1 Å². The van der Waals surface area contributed by atoms with E-state index in [0.29, 0.717) is 12.1 Å². The van der Waals surface area contributed by atoms with E-state index in [9.17, 15) is 9.18 Å². The maximum atomic E-state index is 14.1. The van der Waals surface area contributed by atoms with Crippen LogP contribution in [0.5, 0.6) is 5.75 Å². The second-order valence-corrected chi connectivity index (χ2v) is 5.44. The molecule has 0 spiro atoms. The monoisotopic (exact) mass is 316 g/mol. The number of nitrogens with zero attached hydrogens (tertiary/aromatic N) is 1. The Hall–Kier alpha value is -2.63. The van der Waals surface area contributed by atoms with Crippen molar-refractivity contribution < 1.29 is 18.7 Å². The molecule has 120 valence electrons. The van der Waals surface area contributed by atoms with Crippen LogP contribution in [-0.2, 0) is 16.1 Å². The van der Waals surface area contributed by atoms with E-state index >= 15 is 0 Å². The fourth-order valence-electron chi connectivity index (χ4n) is 2.42. The molecule has 1 aromatic heterocycles. The third kappa shape index (κ3) is 3.77. The van der Waals surface area contributed by atoms with Crippen LogP contribution in [0, 0.1) is 5.82 Å². The summed E-state index contributed by atoms with van der Waals surface area (Å²) in [6.07, 6.45) is 2.10. The van der Waals surface area contributed by atoms with Crippen molar-refractivity contribution in [3.8, 4) is 5.75 Å². The summed E-state index contributed by atoms with van der Waals surface area (Å²) in [5, 5.41) is 2.98. The molecule has 2 atom stereocenters. The Morgan fingerprint density at radius 1 is 1.39 bits per heavy atom. The molecular weight excluding hydrogens is 299 g/mol. The van der Waals surface area contributed by atoms with E-state index in [1.54, 1.807) is 24.4 Å². The van der Waals surface area contributed by atoms with E-state index in [4.69, 9.17) is 9.47 Å². The lowest BCUT2D eigenvalue weighted by Gasteiger charge is -2.12. The van der Waals surface area contributed by atoms with Crippen LogP contribution in [0.1, 0.15) is 19.0 Å². The first kappa shape index (κ1) is 15.3.